The molecule has 0 bridgehead atoms. The smallest absolute Gasteiger partial charge is 0.0355 e. The summed E-state index contributed by atoms with van der Waals surface area (Å²) in [4.78, 5) is 0. The summed E-state index contributed by atoms with van der Waals surface area (Å²) < 4.78 is 0. The normalized spacial score (nSPS) is 53.4. The summed E-state index contributed by atoms with van der Waals surface area (Å²) in [5, 5.41) is 0. The second-order valence-electron chi connectivity index (χ2n) is 4.45. The van der Waals surface area contributed by atoms with Gasteiger partial charge in [-0.2, -0.15) is 0 Å². The van der Waals surface area contributed by atoms with E-state index in [9.17, 15) is 0 Å². The highest BCUT2D eigenvalue weighted by Gasteiger charge is 2.44. The van der Waals surface area contributed by atoms with Crippen LogP contribution in [0.15, 0.2) is 0 Å². The molecule has 0 nitrogen and oxygen atoms in total. The van der Waals surface area contributed by atoms with Crippen LogP contribution >= 0.6 is 0 Å². The Labute approximate surface area is 64.0 Å². The van der Waals surface area contributed by atoms with Gasteiger partial charge in [0.1, 0.15) is 0 Å². The first-order chi connectivity index (χ1) is 4.79. The molecule has 0 aromatic heterocycles. The molecule has 0 heterocycles. The van der Waals surface area contributed by atoms with Gasteiger partial charge < -0.3 is 0 Å². The molecule has 2 fully saturated rings. The quantitative estimate of drug-likeness (QED) is 0.482. The fourth-order valence-corrected chi connectivity index (χ4v) is 2.73. The van der Waals surface area contributed by atoms with Gasteiger partial charge in [-0.15, -0.1) is 0 Å². The van der Waals surface area contributed by atoms with E-state index in [1.165, 1.54) is 19.3 Å². The van der Waals surface area contributed by atoms with Gasteiger partial charge in [0.15, 0.2) is 0 Å². The Morgan fingerprint density at radius 1 is 0.900 bits per heavy atom. The van der Waals surface area contributed by atoms with E-state index in [0.29, 0.717) is 0 Å². The fraction of sp³-hybridized carbons (Fsp3) is 1.00. The first kappa shape index (κ1) is 6.69. The van der Waals surface area contributed by atoms with Crippen molar-refractivity contribution in [3.05, 3.63) is 0 Å². The highest BCUT2D eigenvalue weighted by atomic mass is 14.5. The fourth-order valence-electron chi connectivity index (χ4n) is 2.73. The molecule has 4 unspecified atom stereocenters. The number of hydrogen-bond donors (Lipinski definition) is 0. The lowest BCUT2D eigenvalue weighted by Gasteiger charge is -2.05. The van der Waals surface area contributed by atoms with Crippen LogP contribution in [0.25, 0.3) is 0 Å². The van der Waals surface area contributed by atoms with Crippen LogP contribution in [-0.4, -0.2) is 0 Å². The largest absolute Gasteiger partial charge is 0.0622 e. The van der Waals surface area contributed by atoms with Crippen molar-refractivity contribution in [2.45, 2.75) is 39.5 Å². The van der Waals surface area contributed by atoms with Crippen molar-refractivity contribution >= 4 is 0 Å². The molecular formula is C10H18. The summed E-state index contributed by atoms with van der Waals surface area (Å²) in [5.74, 6) is 4.37. The maximum Gasteiger partial charge on any atom is -0.0355 e. The molecule has 2 aliphatic carbocycles. The van der Waals surface area contributed by atoms with Gasteiger partial charge >= 0.3 is 0 Å². The van der Waals surface area contributed by atoms with Crippen molar-refractivity contribution in [2.75, 3.05) is 0 Å². The topological polar surface area (TPSA) is 0 Å². The van der Waals surface area contributed by atoms with E-state index >= 15 is 0 Å². The van der Waals surface area contributed by atoms with E-state index in [1.54, 1.807) is 6.42 Å². The second kappa shape index (κ2) is 2.25. The molecule has 0 radical (unpaired) electrons. The molecule has 0 amide bonds. The first-order valence-corrected chi connectivity index (χ1v) is 4.79. The molecule has 10 heavy (non-hydrogen) atoms. The Bertz CT molecular complexity index is 114. The van der Waals surface area contributed by atoms with Crippen LogP contribution in [0, 0.1) is 23.7 Å². The third-order valence-electron chi connectivity index (χ3n) is 3.67. The molecule has 2 aliphatic rings. The van der Waals surface area contributed by atoms with E-state index in [2.05, 4.69) is 13.8 Å². The Morgan fingerprint density at radius 3 is 1.90 bits per heavy atom. The van der Waals surface area contributed by atoms with Gasteiger partial charge in [-0.3, -0.25) is 0 Å². The number of fused-ring (bicyclic) bond motifs is 1. The summed E-state index contributed by atoms with van der Waals surface area (Å²) in [6.07, 6.45) is 6.06. The summed E-state index contributed by atoms with van der Waals surface area (Å²) in [7, 11) is 0. The van der Waals surface area contributed by atoms with Crippen LogP contribution in [-0.2, 0) is 0 Å². The Morgan fingerprint density at radius 2 is 1.40 bits per heavy atom. The minimum absolute atomic E-state index is 1.05. The van der Waals surface area contributed by atoms with Crippen LogP contribution in [0.2, 0.25) is 0 Å². The van der Waals surface area contributed by atoms with Crippen LogP contribution in [0.5, 0.6) is 0 Å². The van der Waals surface area contributed by atoms with E-state index in [1.807, 2.05) is 0 Å². The third-order valence-corrected chi connectivity index (χ3v) is 3.67. The van der Waals surface area contributed by atoms with Gasteiger partial charge in [-0.05, 0) is 30.1 Å². The molecule has 0 spiro atoms. The highest BCUT2D eigenvalue weighted by Crippen LogP contribution is 2.53. The summed E-state index contributed by atoms with van der Waals surface area (Å²) in [5.41, 5.74) is 0. The number of rotatable bonds is 0. The molecule has 4 atom stereocenters. The Hall–Kier alpha value is 0. The Kier molecular flexibility index (Phi) is 1.51. The molecular weight excluding hydrogens is 120 g/mol. The maximum absolute atomic E-state index is 2.45. The first-order valence-electron chi connectivity index (χ1n) is 4.79. The van der Waals surface area contributed by atoms with Crippen molar-refractivity contribution < 1.29 is 0 Å². The Balaban J connectivity index is 2.00. The van der Waals surface area contributed by atoms with Crippen molar-refractivity contribution in [1.29, 1.82) is 0 Å². The summed E-state index contributed by atoms with van der Waals surface area (Å²) in [6.45, 7) is 4.89. The zero-order valence-corrected chi connectivity index (χ0v) is 7.14. The van der Waals surface area contributed by atoms with Crippen LogP contribution in [0.4, 0.5) is 0 Å². The molecule has 0 aliphatic heterocycles. The van der Waals surface area contributed by atoms with Gasteiger partial charge in [0, 0.05) is 0 Å². The van der Waals surface area contributed by atoms with E-state index in [0.717, 1.165) is 23.7 Å². The predicted molar refractivity (Wildman–Crippen MR) is 43.8 cm³/mol. The van der Waals surface area contributed by atoms with Gasteiger partial charge in [0.25, 0.3) is 0 Å². The monoisotopic (exact) mass is 138 g/mol. The molecule has 0 aromatic rings. The SMILES string of the molecule is CC1CCCC(C)C2CC12. The standard InChI is InChI=1S/C10H18/c1-7-4-3-5-8(2)10-6-9(7)10/h7-10H,3-6H2,1-2H3. The van der Waals surface area contributed by atoms with Crippen LogP contribution in [0.1, 0.15) is 39.5 Å². The van der Waals surface area contributed by atoms with Gasteiger partial charge in [0.2, 0.25) is 0 Å². The predicted octanol–water partition coefficient (Wildman–Crippen LogP) is 3.08. The zero-order chi connectivity index (χ0) is 7.14. The van der Waals surface area contributed by atoms with Crippen LogP contribution < -0.4 is 0 Å². The van der Waals surface area contributed by atoms with Gasteiger partial charge in [-0.25, -0.2) is 0 Å². The minimum Gasteiger partial charge on any atom is -0.0622 e. The lowest BCUT2D eigenvalue weighted by atomic mass is 10.0. The zero-order valence-electron chi connectivity index (χ0n) is 7.14. The molecule has 0 heteroatoms. The van der Waals surface area contributed by atoms with Gasteiger partial charge in [0.05, 0.1) is 0 Å². The van der Waals surface area contributed by atoms with E-state index in [4.69, 9.17) is 0 Å². The van der Waals surface area contributed by atoms with Crippen molar-refractivity contribution in [2.24, 2.45) is 23.7 Å². The minimum atomic E-state index is 1.05. The lowest BCUT2D eigenvalue weighted by molar-refractivity contribution is 0.448. The second-order valence-corrected chi connectivity index (χ2v) is 4.45. The average molecular weight is 138 g/mol. The van der Waals surface area contributed by atoms with Crippen molar-refractivity contribution in [3.8, 4) is 0 Å². The molecule has 0 saturated heterocycles. The molecule has 58 valence electrons. The lowest BCUT2D eigenvalue weighted by Crippen LogP contribution is -1.97. The molecule has 0 aromatic carbocycles. The van der Waals surface area contributed by atoms with Crippen LogP contribution in [0.3, 0.4) is 0 Å². The summed E-state index contributed by atoms with van der Waals surface area (Å²) >= 11 is 0. The molecule has 2 rings (SSSR count). The average Bonchev–Trinajstić information content (AvgIpc) is 2.63. The van der Waals surface area contributed by atoms with E-state index < -0.39 is 0 Å². The van der Waals surface area contributed by atoms with Crippen molar-refractivity contribution in [1.82, 2.24) is 0 Å². The maximum atomic E-state index is 2.45. The highest BCUT2D eigenvalue weighted by molar-refractivity contribution is 4.94. The number of hydrogen-bond acceptors (Lipinski definition) is 0. The van der Waals surface area contributed by atoms with Gasteiger partial charge in [-0.1, -0.05) is 33.1 Å². The molecule has 2 saturated carbocycles. The van der Waals surface area contributed by atoms with E-state index in [-0.39, 0.29) is 0 Å². The summed E-state index contributed by atoms with van der Waals surface area (Å²) in [6, 6.07) is 0. The van der Waals surface area contributed by atoms with Crippen molar-refractivity contribution in [3.63, 3.8) is 0 Å². The third kappa shape index (κ3) is 0.980. The molecule has 0 N–H and O–H groups in total.